The highest BCUT2D eigenvalue weighted by Crippen LogP contribution is 2.28. The molecule has 0 fully saturated rings. The van der Waals surface area contributed by atoms with Crippen LogP contribution in [0, 0.1) is 0 Å². The summed E-state index contributed by atoms with van der Waals surface area (Å²) in [6, 6.07) is 14.7. The first-order valence-electron chi connectivity index (χ1n) is 9.48. The molecule has 1 N–H and O–H groups in total. The highest BCUT2D eigenvalue weighted by atomic mass is 32.2. The van der Waals surface area contributed by atoms with Gasteiger partial charge in [-0.2, -0.15) is 0 Å². The van der Waals surface area contributed by atoms with Gasteiger partial charge in [0.2, 0.25) is 11.8 Å². The molecule has 3 aromatic rings. The topological polar surface area (TPSA) is 94.3 Å². The monoisotopic (exact) mass is 425 g/mol. The summed E-state index contributed by atoms with van der Waals surface area (Å²) in [5.41, 5.74) is 2.46. The van der Waals surface area contributed by atoms with Crippen molar-refractivity contribution in [3.8, 4) is 17.2 Å². The van der Waals surface area contributed by atoms with Crippen molar-refractivity contribution in [3.05, 3.63) is 59.7 Å². The maximum Gasteiger partial charge on any atom is 0.277 e. The number of benzene rings is 2. The van der Waals surface area contributed by atoms with Gasteiger partial charge in [0.15, 0.2) is 5.78 Å². The van der Waals surface area contributed by atoms with E-state index in [4.69, 9.17) is 9.15 Å². The van der Waals surface area contributed by atoms with Crippen LogP contribution in [0.25, 0.3) is 11.5 Å². The molecule has 30 heavy (non-hydrogen) atoms. The standard InChI is InChI=1S/C22H23N3O4S/c1-14(20(27)17-6-4-16(5-7-17)12-13-23-15(2)26)30-22-25-24-21(29-22)18-8-10-19(28-3)11-9-18/h4-11,14H,12-13H2,1-3H3,(H,23,26). The molecular weight excluding hydrogens is 402 g/mol. The maximum atomic E-state index is 12.7. The zero-order valence-electron chi connectivity index (χ0n) is 17.0. The Hall–Kier alpha value is -3.13. The minimum absolute atomic E-state index is 0.0161. The maximum absolute atomic E-state index is 12.7. The molecule has 1 unspecified atom stereocenters. The number of hydrogen-bond donors (Lipinski definition) is 1. The second-order valence-corrected chi connectivity index (χ2v) is 7.95. The molecule has 2 aromatic carbocycles. The normalized spacial score (nSPS) is 11.7. The van der Waals surface area contributed by atoms with Crippen LogP contribution in [0.3, 0.4) is 0 Å². The molecular formula is C22H23N3O4S. The van der Waals surface area contributed by atoms with Crippen LogP contribution in [-0.2, 0) is 11.2 Å². The SMILES string of the molecule is COc1ccc(-c2nnc(SC(C)C(=O)c3ccc(CCNC(C)=O)cc3)o2)cc1. The van der Waals surface area contributed by atoms with Crippen molar-refractivity contribution in [2.75, 3.05) is 13.7 Å². The predicted molar refractivity (Wildman–Crippen MR) is 115 cm³/mol. The number of aromatic nitrogens is 2. The number of nitrogens with zero attached hydrogens (tertiary/aromatic N) is 2. The van der Waals surface area contributed by atoms with Gasteiger partial charge in [0.1, 0.15) is 5.75 Å². The van der Waals surface area contributed by atoms with E-state index in [2.05, 4.69) is 15.5 Å². The van der Waals surface area contributed by atoms with Crippen LogP contribution in [0.1, 0.15) is 29.8 Å². The number of methoxy groups -OCH3 is 1. The third kappa shape index (κ3) is 5.70. The smallest absolute Gasteiger partial charge is 0.277 e. The van der Waals surface area contributed by atoms with Crippen LogP contribution in [-0.4, -0.2) is 40.8 Å². The van der Waals surface area contributed by atoms with Gasteiger partial charge in [-0.05, 0) is 43.2 Å². The number of hydrogen-bond acceptors (Lipinski definition) is 7. The van der Waals surface area contributed by atoms with Crippen LogP contribution in [0.4, 0.5) is 0 Å². The van der Waals surface area contributed by atoms with Gasteiger partial charge < -0.3 is 14.5 Å². The zero-order valence-corrected chi connectivity index (χ0v) is 17.9. The van der Waals surface area contributed by atoms with Crippen LogP contribution >= 0.6 is 11.8 Å². The van der Waals surface area contributed by atoms with Gasteiger partial charge in [0.25, 0.3) is 5.22 Å². The lowest BCUT2D eigenvalue weighted by Crippen LogP contribution is -2.22. The Balaban J connectivity index is 1.58. The fourth-order valence-corrected chi connectivity index (χ4v) is 3.53. The Morgan fingerprint density at radius 3 is 2.43 bits per heavy atom. The van der Waals surface area contributed by atoms with Gasteiger partial charge in [0, 0.05) is 24.6 Å². The summed E-state index contributed by atoms with van der Waals surface area (Å²) in [6.45, 7) is 3.88. The fourth-order valence-electron chi connectivity index (χ4n) is 2.77. The summed E-state index contributed by atoms with van der Waals surface area (Å²) < 4.78 is 10.8. The van der Waals surface area contributed by atoms with E-state index in [9.17, 15) is 9.59 Å². The summed E-state index contributed by atoms with van der Waals surface area (Å²) in [5.74, 6) is 1.07. The second kappa shape index (κ2) is 10.1. The first-order chi connectivity index (χ1) is 14.5. The van der Waals surface area contributed by atoms with E-state index in [-0.39, 0.29) is 16.9 Å². The van der Waals surface area contributed by atoms with E-state index in [0.717, 1.165) is 16.9 Å². The number of rotatable bonds is 9. The van der Waals surface area contributed by atoms with Crippen LogP contribution in [0.5, 0.6) is 5.75 Å². The summed E-state index contributed by atoms with van der Waals surface area (Å²) >= 11 is 1.23. The van der Waals surface area contributed by atoms with Crippen LogP contribution in [0.2, 0.25) is 0 Å². The van der Waals surface area contributed by atoms with E-state index in [0.29, 0.717) is 29.6 Å². The van der Waals surface area contributed by atoms with Crippen molar-refractivity contribution in [2.24, 2.45) is 0 Å². The first kappa shape index (κ1) is 21.6. The lowest BCUT2D eigenvalue weighted by molar-refractivity contribution is -0.118. The molecule has 1 heterocycles. The molecule has 3 rings (SSSR count). The van der Waals surface area contributed by atoms with E-state index in [1.807, 2.05) is 43.3 Å². The molecule has 0 saturated carbocycles. The number of carbonyl (C=O) groups excluding carboxylic acids is 2. The van der Waals surface area contributed by atoms with Gasteiger partial charge in [-0.15, -0.1) is 10.2 Å². The number of nitrogens with one attached hydrogen (secondary N) is 1. The summed E-state index contributed by atoms with van der Waals surface area (Å²) in [5, 5.41) is 10.8. The Morgan fingerprint density at radius 1 is 1.10 bits per heavy atom. The molecule has 1 atom stereocenters. The van der Waals surface area contributed by atoms with E-state index in [1.54, 1.807) is 19.2 Å². The molecule has 156 valence electrons. The third-order valence-electron chi connectivity index (χ3n) is 4.42. The Morgan fingerprint density at radius 2 is 1.80 bits per heavy atom. The Labute approximate surface area is 179 Å². The summed E-state index contributed by atoms with van der Waals surface area (Å²) in [4.78, 5) is 23.7. The minimum Gasteiger partial charge on any atom is -0.497 e. The molecule has 0 aliphatic carbocycles. The summed E-state index contributed by atoms with van der Waals surface area (Å²) in [6.07, 6.45) is 0.717. The number of Topliss-reactive ketones (excluding diaryl/α,β-unsaturated/α-hetero) is 1. The predicted octanol–water partition coefficient (Wildman–Crippen LogP) is 3.79. The highest BCUT2D eigenvalue weighted by Gasteiger charge is 2.20. The molecule has 8 heteroatoms. The Kier molecular flexibility index (Phi) is 7.24. The number of ether oxygens (including phenoxy) is 1. The average molecular weight is 426 g/mol. The number of amides is 1. The van der Waals surface area contributed by atoms with Crippen LogP contribution < -0.4 is 10.1 Å². The molecule has 0 bridgehead atoms. The molecule has 7 nitrogen and oxygen atoms in total. The molecule has 0 spiro atoms. The van der Waals surface area contributed by atoms with Crippen molar-refractivity contribution in [1.82, 2.24) is 15.5 Å². The van der Waals surface area contributed by atoms with Crippen molar-refractivity contribution in [3.63, 3.8) is 0 Å². The molecule has 0 aliphatic rings. The minimum atomic E-state index is -0.376. The quantitative estimate of drug-likeness (QED) is 0.412. The number of ketones is 1. The molecule has 0 aliphatic heterocycles. The van der Waals surface area contributed by atoms with Crippen LogP contribution in [0.15, 0.2) is 58.2 Å². The first-order valence-corrected chi connectivity index (χ1v) is 10.4. The third-order valence-corrected chi connectivity index (χ3v) is 5.35. The lowest BCUT2D eigenvalue weighted by Gasteiger charge is -2.08. The number of thioether (sulfide) groups is 1. The lowest BCUT2D eigenvalue weighted by atomic mass is 10.0. The number of carbonyl (C=O) groups is 2. The largest absolute Gasteiger partial charge is 0.497 e. The zero-order chi connectivity index (χ0) is 21.5. The van der Waals surface area contributed by atoms with Gasteiger partial charge in [-0.3, -0.25) is 9.59 Å². The molecule has 1 aromatic heterocycles. The van der Waals surface area contributed by atoms with Crippen molar-refractivity contribution >= 4 is 23.5 Å². The summed E-state index contributed by atoms with van der Waals surface area (Å²) in [7, 11) is 1.61. The van der Waals surface area contributed by atoms with Crippen molar-refractivity contribution < 1.29 is 18.7 Å². The molecule has 0 saturated heterocycles. The highest BCUT2D eigenvalue weighted by molar-refractivity contribution is 8.00. The van der Waals surface area contributed by atoms with Gasteiger partial charge >= 0.3 is 0 Å². The van der Waals surface area contributed by atoms with Gasteiger partial charge in [-0.1, -0.05) is 36.0 Å². The Bertz CT molecular complexity index is 1000. The van der Waals surface area contributed by atoms with E-state index >= 15 is 0 Å². The van der Waals surface area contributed by atoms with Crippen molar-refractivity contribution in [2.45, 2.75) is 30.7 Å². The van der Waals surface area contributed by atoms with E-state index < -0.39 is 0 Å². The fraction of sp³-hybridized carbons (Fsp3) is 0.273. The van der Waals surface area contributed by atoms with Crippen molar-refractivity contribution in [1.29, 1.82) is 0 Å². The molecule has 0 radical (unpaired) electrons. The molecule has 1 amide bonds. The van der Waals surface area contributed by atoms with Gasteiger partial charge in [-0.25, -0.2) is 0 Å². The second-order valence-electron chi connectivity index (χ2n) is 6.66. The average Bonchev–Trinajstić information content (AvgIpc) is 3.22. The van der Waals surface area contributed by atoms with Gasteiger partial charge in [0.05, 0.1) is 12.4 Å². The van der Waals surface area contributed by atoms with E-state index in [1.165, 1.54) is 18.7 Å².